The molecule has 1 aliphatic heterocycles. The van der Waals surface area contributed by atoms with Crippen LogP contribution in [-0.2, 0) is 34.2 Å². The molecule has 0 radical (unpaired) electrons. The van der Waals surface area contributed by atoms with E-state index < -0.39 is 0 Å². The summed E-state index contributed by atoms with van der Waals surface area (Å²) in [6, 6.07) is 13.4. The predicted molar refractivity (Wildman–Crippen MR) is 121 cm³/mol. The van der Waals surface area contributed by atoms with Crippen LogP contribution in [0.15, 0.2) is 48.5 Å². The minimum Gasteiger partial charge on any atom is -0.484 e. The molecular weight excluding hydrogens is 431 g/mol. The molecule has 0 bridgehead atoms. The molecule has 2 N–H and O–H groups in total. The third kappa shape index (κ3) is 5.47. The maximum Gasteiger partial charge on any atom is 0.263 e. The van der Waals surface area contributed by atoms with E-state index in [-0.39, 0.29) is 37.3 Å². The highest BCUT2D eigenvalue weighted by Crippen LogP contribution is 2.34. The van der Waals surface area contributed by atoms with Gasteiger partial charge in [0.25, 0.3) is 5.91 Å². The number of amides is 2. The van der Waals surface area contributed by atoms with Gasteiger partial charge in [0.05, 0.1) is 5.69 Å². The van der Waals surface area contributed by atoms with E-state index in [1.54, 1.807) is 23.9 Å². The molecule has 7 nitrogen and oxygen atoms in total. The van der Waals surface area contributed by atoms with Gasteiger partial charge in [-0.3, -0.25) is 9.59 Å². The molecule has 2 amide bonds. The Kier molecular flexibility index (Phi) is 6.75. The summed E-state index contributed by atoms with van der Waals surface area (Å²) in [7, 11) is 0. The molecule has 166 valence electrons. The van der Waals surface area contributed by atoms with Crippen molar-refractivity contribution in [1.82, 2.24) is 15.1 Å². The fourth-order valence-electron chi connectivity index (χ4n) is 3.27. The molecular formula is C23H23FN4O3S. The number of nitrogens with zero attached hydrogens (tertiary/aromatic N) is 2. The first kappa shape index (κ1) is 21.9. The lowest BCUT2D eigenvalue weighted by Crippen LogP contribution is -2.29. The first-order valence-corrected chi connectivity index (χ1v) is 11.3. The maximum absolute atomic E-state index is 13.0. The molecule has 0 spiro atoms. The average molecular weight is 455 g/mol. The minimum absolute atomic E-state index is 0.0344. The number of benzene rings is 2. The Bertz CT molecular complexity index is 1110. The van der Waals surface area contributed by atoms with Crippen molar-refractivity contribution in [2.45, 2.75) is 31.5 Å². The van der Waals surface area contributed by atoms with Gasteiger partial charge in [-0.15, -0.1) is 0 Å². The molecule has 1 aromatic heterocycles. The highest BCUT2D eigenvalue weighted by Gasteiger charge is 2.25. The molecule has 9 heteroatoms. The SMILES string of the molecule is Cc1ccc(OCC(=O)Nc2c3c(nn2CC(=O)NCc2ccc(F)cc2)CSC3)cc1. The molecule has 0 fully saturated rings. The number of hydrogen-bond donors (Lipinski definition) is 2. The topological polar surface area (TPSA) is 85.2 Å². The Morgan fingerprint density at radius 2 is 1.84 bits per heavy atom. The van der Waals surface area contributed by atoms with Gasteiger partial charge in [0.15, 0.2) is 6.61 Å². The molecule has 2 heterocycles. The van der Waals surface area contributed by atoms with Crippen molar-refractivity contribution in [3.8, 4) is 5.75 Å². The average Bonchev–Trinajstić information content (AvgIpc) is 3.35. The molecule has 2 aromatic carbocycles. The number of aryl methyl sites for hydroxylation is 1. The number of fused-ring (bicyclic) bond motifs is 1. The normalized spacial score (nSPS) is 12.3. The van der Waals surface area contributed by atoms with Crippen LogP contribution in [0.1, 0.15) is 22.4 Å². The molecule has 3 aromatic rings. The number of nitrogens with one attached hydrogen (secondary N) is 2. The van der Waals surface area contributed by atoms with Crippen molar-refractivity contribution in [1.29, 1.82) is 0 Å². The van der Waals surface area contributed by atoms with Crippen LogP contribution in [0.3, 0.4) is 0 Å². The smallest absolute Gasteiger partial charge is 0.263 e. The van der Waals surface area contributed by atoms with E-state index in [1.807, 2.05) is 31.2 Å². The Hall–Kier alpha value is -3.33. The van der Waals surface area contributed by atoms with Gasteiger partial charge in [-0.2, -0.15) is 16.9 Å². The Labute approximate surface area is 189 Å². The van der Waals surface area contributed by atoms with Crippen LogP contribution in [0.2, 0.25) is 0 Å². The number of carbonyl (C=O) groups excluding carboxylic acids is 2. The lowest BCUT2D eigenvalue weighted by atomic mass is 10.2. The summed E-state index contributed by atoms with van der Waals surface area (Å²) in [6.45, 7) is 2.08. The Morgan fingerprint density at radius 1 is 1.09 bits per heavy atom. The van der Waals surface area contributed by atoms with Gasteiger partial charge in [-0.25, -0.2) is 9.07 Å². The van der Waals surface area contributed by atoms with E-state index in [0.717, 1.165) is 33.9 Å². The second-order valence-corrected chi connectivity index (χ2v) is 8.46. The number of carbonyl (C=O) groups is 2. The Morgan fingerprint density at radius 3 is 2.59 bits per heavy atom. The summed E-state index contributed by atoms with van der Waals surface area (Å²) in [4.78, 5) is 25.0. The quantitative estimate of drug-likeness (QED) is 0.545. The van der Waals surface area contributed by atoms with Crippen molar-refractivity contribution in [2.24, 2.45) is 0 Å². The number of ether oxygens (including phenoxy) is 1. The second kappa shape index (κ2) is 9.86. The number of hydrogen-bond acceptors (Lipinski definition) is 5. The number of aromatic nitrogens is 2. The van der Waals surface area contributed by atoms with E-state index >= 15 is 0 Å². The van der Waals surface area contributed by atoms with Crippen molar-refractivity contribution < 1.29 is 18.7 Å². The number of anilines is 1. The van der Waals surface area contributed by atoms with E-state index in [9.17, 15) is 14.0 Å². The molecule has 0 saturated heterocycles. The lowest BCUT2D eigenvalue weighted by Gasteiger charge is -2.12. The fraction of sp³-hybridized carbons (Fsp3) is 0.261. The highest BCUT2D eigenvalue weighted by molar-refractivity contribution is 7.98. The van der Waals surface area contributed by atoms with Crippen molar-refractivity contribution in [2.75, 3.05) is 11.9 Å². The standard InChI is InChI=1S/C23H23FN4O3S/c1-15-2-8-18(9-3-15)31-12-22(30)26-23-19-13-32-14-20(19)27-28(23)11-21(29)25-10-16-4-6-17(24)7-5-16/h2-9H,10-14H2,1H3,(H,25,29)(H,26,30). The molecule has 0 aliphatic carbocycles. The van der Waals surface area contributed by atoms with Gasteiger partial charge in [-0.05, 0) is 36.8 Å². The molecule has 1 aliphatic rings. The second-order valence-electron chi connectivity index (χ2n) is 7.48. The van der Waals surface area contributed by atoms with E-state index in [4.69, 9.17) is 4.74 Å². The number of halogens is 1. The summed E-state index contributed by atoms with van der Waals surface area (Å²) >= 11 is 1.71. The summed E-state index contributed by atoms with van der Waals surface area (Å²) in [5.41, 5.74) is 3.71. The van der Waals surface area contributed by atoms with Crippen LogP contribution >= 0.6 is 11.8 Å². The summed E-state index contributed by atoms with van der Waals surface area (Å²) < 4.78 is 20.1. The van der Waals surface area contributed by atoms with Crippen LogP contribution < -0.4 is 15.4 Å². The molecule has 0 saturated carbocycles. The van der Waals surface area contributed by atoms with Gasteiger partial charge in [-0.1, -0.05) is 29.8 Å². The van der Waals surface area contributed by atoms with E-state index in [2.05, 4.69) is 15.7 Å². The Balaban J connectivity index is 1.37. The zero-order chi connectivity index (χ0) is 22.5. The molecule has 0 atom stereocenters. The van der Waals surface area contributed by atoms with Gasteiger partial charge in [0.1, 0.15) is 23.9 Å². The number of thioether (sulfide) groups is 1. The van der Waals surface area contributed by atoms with Crippen molar-refractivity contribution in [3.63, 3.8) is 0 Å². The molecule has 0 unspecified atom stereocenters. The third-order valence-corrected chi connectivity index (χ3v) is 5.93. The minimum atomic E-state index is -0.323. The fourth-order valence-corrected chi connectivity index (χ4v) is 4.30. The van der Waals surface area contributed by atoms with Gasteiger partial charge < -0.3 is 15.4 Å². The third-order valence-electron chi connectivity index (χ3n) is 4.96. The lowest BCUT2D eigenvalue weighted by molar-refractivity contribution is -0.122. The largest absolute Gasteiger partial charge is 0.484 e. The van der Waals surface area contributed by atoms with Crippen molar-refractivity contribution in [3.05, 3.63) is 76.7 Å². The zero-order valence-corrected chi connectivity index (χ0v) is 18.4. The van der Waals surface area contributed by atoms with E-state index in [1.165, 1.54) is 16.8 Å². The van der Waals surface area contributed by atoms with Gasteiger partial charge in [0, 0.05) is 23.6 Å². The summed E-state index contributed by atoms with van der Waals surface area (Å²) in [5, 5.41) is 10.2. The number of rotatable bonds is 8. The predicted octanol–water partition coefficient (Wildman–Crippen LogP) is 3.41. The van der Waals surface area contributed by atoms with E-state index in [0.29, 0.717) is 11.6 Å². The zero-order valence-electron chi connectivity index (χ0n) is 17.6. The van der Waals surface area contributed by atoms with Crippen LogP contribution in [-0.4, -0.2) is 28.2 Å². The monoisotopic (exact) mass is 454 g/mol. The van der Waals surface area contributed by atoms with Crippen LogP contribution in [0, 0.1) is 12.7 Å². The maximum atomic E-state index is 13.0. The van der Waals surface area contributed by atoms with Gasteiger partial charge in [0.2, 0.25) is 5.91 Å². The summed E-state index contributed by atoms with van der Waals surface area (Å²) in [5.74, 6) is 1.70. The first-order valence-electron chi connectivity index (χ1n) is 10.1. The molecule has 4 rings (SSSR count). The van der Waals surface area contributed by atoms with Gasteiger partial charge >= 0.3 is 0 Å². The van der Waals surface area contributed by atoms with Crippen LogP contribution in [0.4, 0.5) is 10.2 Å². The van der Waals surface area contributed by atoms with Crippen LogP contribution in [0.25, 0.3) is 0 Å². The molecule has 32 heavy (non-hydrogen) atoms. The summed E-state index contributed by atoms with van der Waals surface area (Å²) in [6.07, 6.45) is 0. The van der Waals surface area contributed by atoms with Crippen LogP contribution in [0.5, 0.6) is 5.75 Å². The highest BCUT2D eigenvalue weighted by atomic mass is 32.2. The van der Waals surface area contributed by atoms with Crippen molar-refractivity contribution >= 4 is 29.4 Å². The first-order chi connectivity index (χ1) is 15.5.